The summed E-state index contributed by atoms with van der Waals surface area (Å²) in [4.78, 5) is 16.3. The predicted octanol–water partition coefficient (Wildman–Crippen LogP) is 3.37. The van der Waals surface area contributed by atoms with Gasteiger partial charge in [-0.15, -0.1) is 11.3 Å². The largest absolute Gasteiger partial charge is 0.348 e. The molecule has 0 saturated heterocycles. The molecule has 0 radical (unpaired) electrons. The van der Waals surface area contributed by atoms with Crippen LogP contribution in [0.1, 0.15) is 35.9 Å². The Labute approximate surface area is 136 Å². The van der Waals surface area contributed by atoms with E-state index in [1.54, 1.807) is 0 Å². The highest BCUT2D eigenvalue weighted by Gasteiger charge is 2.26. The van der Waals surface area contributed by atoms with E-state index in [0.717, 1.165) is 25.1 Å². The van der Waals surface area contributed by atoms with Crippen LogP contribution in [0.2, 0.25) is 0 Å². The van der Waals surface area contributed by atoms with Crippen LogP contribution in [0.25, 0.3) is 0 Å². The highest BCUT2D eigenvalue weighted by molar-refractivity contribution is 7.10. The summed E-state index contributed by atoms with van der Waals surface area (Å²) in [6.45, 7) is 5.88. The Balaban J connectivity index is 1.61. The lowest BCUT2D eigenvalue weighted by Crippen LogP contribution is -2.47. The molecule has 1 aromatic heterocycles. The van der Waals surface area contributed by atoms with Crippen LogP contribution in [0.4, 0.5) is 0 Å². The lowest BCUT2D eigenvalue weighted by atomic mass is 10.1. The summed E-state index contributed by atoms with van der Waals surface area (Å²) in [5, 5.41) is 5.28. The maximum absolute atomic E-state index is 12.5. The Bertz CT molecular complexity index is 638. The molecule has 3 nitrogen and oxygen atoms in total. The van der Waals surface area contributed by atoms with E-state index >= 15 is 0 Å². The summed E-state index contributed by atoms with van der Waals surface area (Å²) in [5.74, 6) is 0.107. The number of carbonyl (C=O) groups is 1. The Morgan fingerprint density at radius 2 is 2.00 bits per heavy atom. The summed E-state index contributed by atoms with van der Waals surface area (Å²) in [6.07, 6.45) is 1.05. The number of amides is 1. The van der Waals surface area contributed by atoms with Gasteiger partial charge >= 0.3 is 0 Å². The van der Waals surface area contributed by atoms with E-state index in [1.807, 2.05) is 55.5 Å². The molecule has 0 unspecified atom stereocenters. The number of rotatable bonds is 4. The first-order chi connectivity index (χ1) is 10.6. The number of benzene rings is 1. The molecular weight excluding hydrogens is 292 g/mol. The summed E-state index contributed by atoms with van der Waals surface area (Å²) in [5.41, 5.74) is 2.52. The van der Waals surface area contributed by atoms with Crippen LogP contribution in [0.5, 0.6) is 0 Å². The van der Waals surface area contributed by atoms with Crippen molar-refractivity contribution < 1.29 is 4.79 Å². The van der Waals surface area contributed by atoms with Crippen molar-refractivity contribution in [2.45, 2.75) is 38.9 Å². The third-order valence-corrected chi connectivity index (χ3v) is 5.45. The van der Waals surface area contributed by atoms with E-state index in [1.165, 1.54) is 10.4 Å². The van der Waals surface area contributed by atoms with Crippen LogP contribution >= 0.6 is 11.3 Å². The molecule has 116 valence electrons. The summed E-state index contributed by atoms with van der Waals surface area (Å²) >= 11 is 1.83. The number of fused-ring (bicyclic) bond motifs is 1. The SMILES string of the molecule is C[C@H](C(=O)N[C@H](C)c1ccccc1)N1CCc2sccc2C1. The minimum absolute atomic E-state index is 0.0395. The normalized spacial score (nSPS) is 17.5. The molecular formula is C18H22N2OS. The van der Waals surface area contributed by atoms with Gasteiger partial charge in [-0.05, 0) is 42.8 Å². The van der Waals surface area contributed by atoms with Crippen LogP contribution in [-0.2, 0) is 17.8 Å². The number of hydrogen-bond donors (Lipinski definition) is 1. The van der Waals surface area contributed by atoms with Gasteiger partial charge in [-0.3, -0.25) is 9.69 Å². The molecule has 2 heterocycles. The first-order valence-corrected chi connectivity index (χ1v) is 8.67. The van der Waals surface area contributed by atoms with Crippen LogP contribution in [0.3, 0.4) is 0 Å². The molecule has 0 bridgehead atoms. The summed E-state index contributed by atoms with van der Waals surface area (Å²) < 4.78 is 0. The van der Waals surface area contributed by atoms with Crippen molar-refractivity contribution in [2.75, 3.05) is 6.54 Å². The van der Waals surface area contributed by atoms with Gasteiger partial charge in [0, 0.05) is 18.0 Å². The molecule has 1 aromatic carbocycles. The monoisotopic (exact) mass is 314 g/mol. The van der Waals surface area contributed by atoms with Crippen molar-refractivity contribution in [1.82, 2.24) is 10.2 Å². The second kappa shape index (κ2) is 6.63. The van der Waals surface area contributed by atoms with Gasteiger partial charge in [0.05, 0.1) is 12.1 Å². The standard InChI is InChI=1S/C18H22N2OS/c1-13(15-6-4-3-5-7-15)19-18(21)14(2)20-10-8-17-16(12-20)9-11-22-17/h3-7,9,11,13-14H,8,10,12H2,1-2H3,(H,19,21)/t13-,14-/m1/s1. The van der Waals surface area contributed by atoms with Gasteiger partial charge in [0.2, 0.25) is 5.91 Å². The van der Waals surface area contributed by atoms with Gasteiger partial charge in [-0.2, -0.15) is 0 Å². The highest BCUT2D eigenvalue weighted by Crippen LogP contribution is 2.25. The molecule has 0 fully saturated rings. The summed E-state index contributed by atoms with van der Waals surface area (Å²) in [6, 6.07) is 12.2. The average molecular weight is 314 g/mol. The van der Waals surface area contributed by atoms with Crippen LogP contribution in [0.15, 0.2) is 41.8 Å². The quantitative estimate of drug-likeness (QED) is 0.938. The fraction of sp³-hybridized carbons (Fsp3) is 0.389. The van der Waals surface area contributed by atoms with Gasteiger partial charge in [0.15, 0.2) is 0 Å². The molecule has 3 rings (SSSR count). The molecule has 4 heteroatoms. The average Bonchev–Trinajstić information content (AvgIpc) is 3.02. The van der Waals surface area contributed by atoms with Crippen molar-refractivity contribution in [3.8, 4) is 0 Å². The molecule has 2 aromatic rings. The number of hydrogen-bond acceptors (Lipinski definition) is 3. The predicted molar refractivity (Wildman–Crippen MR) is 90.9 cm³/mol. The molecule has 1 aliphatic rings. The van der Waals surface area contributed by atoms with E-state index in [2.05, 4.69) is 21.7 Å². The molecule has 1 amide bonds. The van der Waals surface area contributed by atoms with E-state index in [9.17, 15) is 4.79 Å². The molecule has 2 atom stereocenters. The third kappa shape index (κ3) is 3.23. The van der Waals surface area contributed by atoms with Gasteiger partial charge in [-0.1, -0.05) is 30.3 Å². The number of thiophene rings is 1. The first kappa shape index (κ1) is 15.3. The topological polar surface area (TPSA) is 32.3 Å². The number of nitrogens with zero attached hydrogens (tertiary/aromatic N) is 1. The second-order valence-corrected chi connectivity index (χ2v) is 6.91. The van der Waals surface area contributed by atoms with Crippen molar-refractivity contribution in [3.05, 3.63) is 57.8 Å². The van der Waals surface area contributed by atoms with E-state index in [-0.39, 0.29) is 18.0 Å². The lowest BCUT2D eigenvalue weighted by Gasteiger charge is -2.32. The zero-order chi connectivity index (χ0) is 15.5. The van der Waals surface area contributed by atoms with Gasteiger partial charge in [0.1, 0.15) is 0 Å². The molecule has 1 aliphatic heterocycles. The van der Waals surface area contributed by atoms with E-state index < -0.39 is 0 Å². The Morgan fingerprint density at radius 3 is 2.77 bits per heavy atom. The van der Waals surface area contributed by atoms with Crippen molar-refractivity contribution in [3.63, 3.8) is 0 Å². The van der Waals surface area contributed by atoms with Crippen molar-refractivity contribution in [2.24, 2.45) is 0 Å². The van der Waals surface area contributed by atoms with E-state index in [4.69, 9.17) is 0 Å². The third-order valence-electron chi connectivity index (χ3n) is 4.42. The smallest absolute Gasteiger partial charge is 0.237 e. The van der Waals surface area contributed by atoms with E-state index in [0.29, 0.717) is 0 Å². The van der Waals surface area contributed by atoms with Crippen LogP contribution < -0.4 is 5.32 Å². The molecule has 1 N–H and O–H groups in total. The zero-order valence-electron chi connectivity index (χ0n) is 13.1. The Kier molecular flexibility index (Phi) is 4.60. The van der Waals surface area contributed by atoms with Gasteiger partial charge < -0.3 is 5.32 Å². The molecule has 22 heavy (non-hydrogen) atoms. The summed E-state index contributed by atoms with van der Waals surface area (Å²) in [7, 11) is 0. The maximum Gasteiger partial charge on any atom is 0.237 e. The molecule has 0 spiro atoms. The Hall–Kier alpha value is -1.65. The zero-order valence-corrected chi connectivity index (χ0v) is 13.9. The molecule has 0 aliphatic carbocycles. The van der Waals surface area contributed by atoms with Crippen LogP contribution in [-0.4, -0.2) is 23.4 Å². The maximum atomic E-state index is 12.5. The van der Waals surface area contributed by atoms with Crippen molar-refractivity contribution >= 4 is 17.2 Å². The number of nitrogens with one attached hydrogen (secondary N) is 1. The lowest BCUT2D eigenvalue weighted by molar-refractivity contribution is -0.126. The van der Waals surface area contributed by atoms with Gasteiger partial charge in [-0.25, -0.2) is 0 Å². The van der Waals surface area contributed by atoms with Crippen LogP contribution in [0, 0.1) is 0 Å². The minimum Gasteiger partial charge on any atom is -0.348 e. The van der Waals surface area contributed by atoms with Gasteiger partial charge in [0.25, 0.3) is 0 Å². The Morgan fingerprint density at radius 1 is 1.23 bits per heavy atom. The number of carbonyl (C=O) groups excluding carboxylic acids is 1. The minimum atomic E-state index is -0.0980. The first-order valence-electron chi connectivity index (χ1n) is 7.80. The van der Waals surface area contributed by atoms with Crippen molar-refractivity contribution in [1.29, 1.82) is 0 Å². The molecule has 0 saturated carbocycles. The fourth-order valence-electron chi connectivity index (χ4n) is 2.93. The highest BCUT2D eigenvalue weighted by atomic mass is 32.1. The second-order valence-electron chi connectivity index (χ2n) is 5.91. The fourth-order valence-corrected chi connectivity index (χ4v) is 3.82.